The van der Waals surface area contributed by atoms with Gasteiger partial charge in [0.15, 0.2) is 0 Å². The van der Waals surface area contributed by atoms with Gasteiger partial charge in [-0.1, -0.05) is 37.3 Å². The molecule has 0 spiro atoms. The van der Waals surface area contributed by atoms with Crippen LogP contribution >= 0.6 is 0 Å². The van der Waals surface area contributed by atoms with Crippen LogP contribution in [-0.4, -0.2) is 53.9 Å². The van der Waals surface area contributed by atoms with E-state index in [9.17, 15) is 15.0 Å². The molecule has 124 valence electrons. The third-order valence-corrected chi connectivity index (χ3v) is 4.09. The molecule has 0 aliphatic heterocycles. The van der Waals surface area contributed by atoms with E-state index in [0.717, 1.165) is 5.56 Å². The summed E-state index contributed by atoms with van der Waals surface area (Å²) in [6, 6.07) is 9.39. The average molecular weight is 308 g/mol. The number of likely N-dealkylation sites (N-methyl/N-ethyl adjacent to an activating group) is 1. The molecule has 2 atom stereocenters. The van der Waals surface area contributed by atoms with Crippen molar-refractivity contribution in [2.24, 2.45) is 5.41 Å². The van der Waals surface area contributed by atoms with Crippen molar-refractivity contribution >= 4 is 5.91 Å². The SMILES string of the molecule is CC(NC(=O)C(C)N(C)CC(C)(CO)CO)c1ccccc1. The fraction of sp³-hybridized carbons (Fsp3) is 0.588. The van der Waals surface area contributed by atoms with Crippen molar-refractivity contribution in [2.75, 3.05) is 26.8 Å². The van der Waals surface area contributed by atoms with E-state index in [4.69, 9.17) is 0 Å². The first-order valence-electron chi connectivity index (χ1n) is 7.60. The third kappa shape index (κ3) is 5.09. The van der Waals surface area contributed by atoms with E-state index < -0.39 is 5.41 Å². The van der Waals surface area contributed by atoms with Crippen LogP contribution in [0, 0.1) is 5.41 Å². The van der Waals surface area contributed by atoms with Crippen molar-refractivity contribution in [2.45, 2.75) is 32.9 Å². The smallest absolute Gasteiger partial charge is 0.237 e. The molecule has 0 radical (unpaired) electrons. The monoisotopic (exact) mass is 308 g/mol. The van der Waals surface area contributed by atoms with Gasteiger partial charge in [0, 0.05) is 12.0 Å². The molecule has 5 heteroatoms. The lowest BCUT2D eigenvalue weighted by Gasteiger charge is -2.33. The summed E-state index contributed by atoms with van der Waals surface area (Å²) in [6.45, 7) is 5.76. The van der Waals surface area contributed by atoms with E-state index in [-0.39, 0.29) is 31.2 Å². The largest absolute Gasteiger partial charge is 0.396 e. The Balaban J connectivity index is 2.61. The Bertz CT molecular complexity index is 460. The zero-order valence-corrected chi connectivity index (χ0v) is 13.9. The lowest BCUT2D eigenvalue weighted by atomic mass is 9.92. The van der Waals surface area contributed by atoms with E-state index in [1.807, 2.05) is 56.1 Å². The summed E-state index contributed by atoms with van der Waals surface area (Å²) >= 11 is 0. The van der Waals surface area contributed by atoms with Crippen LogP contribution < -0.4 is 5.32 Å². The highest BCUT2D eigenvalue weighted by Gasteiger charge is 2.28. The number of aliphatic hydroxyl groups is 2. The minimum absolute atomic E-state index is 0.0633. The highest BCUT2D eigenvalue weighted by Crippen LogP contribution is 2.17. The number of rotatable bonds is 8. The number of nitrogens with zero attached hydrogens (tertiary/aromatic N) is 1. The molecule has 0 bridgehead atoms. The molecule has 1 aromatic rings. The standard InChI is InChI=1S/C17H28N2O3/c1-13(15-8-6-5-7-9-15)18-16(22)14(2)19(4)10-17(3,11-20)12-21/h5-9,13-14,20-21H,10-12H2,1-4H3,(H,18,22). The van der Waals surface area contributed by atoms with Crippen LogP contribution in [0.15, 0.2) is 30.3 Å². The predicted molar refractivity (Wildman–Crippen MR) is 87.4 cm³/mol. The van der Waals surface area contributed by atoms with Crippen molar-refractivity contribution in [3.05, 3.63) is 35.9 Å². The van der Waals surface area contributed by atoms with E-state index >= 15 is 0 Å². The lowest BCUT2D eigenvalue weighted by molar-refractivity contribution is -0.126. The van der Waals surface area contributed by atoms with Crippen LogP contribution in [0.1, 0.15) is 32.4 Å². The molecule has 0 aromatic heterocycles. The molecule has 5 nitrogen and oxygen atoms in total. The van der Waals surface area contributed by atoms with Gasteiger partial charge in [-0.3, -0.25) is 9.69 Å². The Morgan fingerprint density at radius 2 is 1.77 bits per heavy atom. The summed E-state index contributed by atoms with van der Waals surface area (Å²) in [5, 5.41) is 21.7. The van der Waals surface area contributed by atoms with E-state index in [0.29, 0.717) is 6.54 Å². The van der Waals surface area contributed by atoms with E-state index in [1.54, 1.807) is 6.92 Å². The Morgan fingerprint density at radius 1 is 1.23 bits per heavy atom. The van der Waals surface area contributed by atoms with Crippen molar-refractivity contribution < 1.29 is 15.0 Å². The van der Waals surface area contributed by atoms with Crippen LogP contribution in [0.5, 0.6) is 0 Å². The normalized spacial score (nSPS) is 14.7. The molecule has 0 aliphatic rings. The van der Waals surface area contributed by atoms with Crippen molar-refractivity contribution in [1.82, 2.24) is 10.2 Å². The second-order valence-corrected chi connectivity index (χ2v) is 6.36. The number of nitrogens with one attached hydrogen (secondary N) is 1. The number of aliphatic hydroxyl groups excluding tert-OH is 2. The first-order chi connectivity index (χ1) is 10.3. The summed E-state index contributed by atoms with van der Waals surface area (Å²) in [5.74, 6) is -0.0721. The van der Waals surface area contributed by atoms with Gasteiger partial charge in [0.2, 0.25) is 5.91 Å². The highest BCUT2D eigenvalue weighted by atomic mass is 16.3. The van der Waals surface area contributed by atoms with Gasteiger partial charge in [-0.2, -0.15) is 0 Å². The Hall–Kier alpha value is -1.43. The predicted octanol–water partition coefficient (Wildman–Crippen LogP) is 1.17. The van der Waals surface area contributed by atoms with E-state index in [1.165, 1.54) is 0 Å². The summed E-state index contributed by atoms with van der Waals surface area (Å²) in [5.41, 5.74) is 0.440. The number of hydrogen-bond acceptors (Lipinski definition) is 4. The molecular weight excluding hydrogens is 280 g/mol. The number of benzene rings is 1. The van der Waals surface area contributed by atoms with Crippen LogP contribution in [0.3, 0.4) is 0 Å². The summed E-state index contributed by atoms with van der Waals surface area (Å²) < 4.78 is 0. The molecule has 0 saturated carbocycles. The van der Waals surface area contributed by atoms with Crippen LogP contribution in [0.25, 0.3) is 0 Å². The van der Waals surface area contributed by atoms with Gasteiger partial charge in [-0.25, -0.2) is 0 Å². The number of hydrogen-bond donors (Lipinski definition) is 3. The van der Waals surface area contributed by atoms with Gasteiger partial charge >= 0.3 is 0 Å². The second kappa shape index (κ2) is 8.27. The fourth-order valence-electron chi connectivity index (χ4n) is 2.25. The van der Waals surface area contributed by atoms with Crippen molar-refractivity contribution in [3.63, 3.8) is 0 Å². The fourth-order valence-corrected chi connectivity index (χ4v) is 2.25. The molecular formula is C17H28N2O3. The van der Waals surface area contributed by atoms with Gasteiger partial charge in [0.25, 0.3) is 0 Å². The lowest BCUT2D eigenvalue weighted by Crippen LogP contribution is -2.49. The first kappa shape index (κ1) is 18.6. The maximum absolute atomic E-state index is 12.4. The minimum Gasteiger partial charge on any atom is -0.396 e. The molecule has 0 fully saturated rings. The highest BCUT2D eigenvalue weighted by molar-refractivity contribution is 5.81. The molecule has 0 heterocycles. The van der Waals surface area contributed by atoms with Gasteiger partial charge in [-0.05, 0) is 26.5 Å². The van der Waals surface area contributed by atoms with Gasteiger partial charge in [-0.15, -0.1) is 0 Å². The minimum atomic E-state index is -0.617. The molecule has 0 aliphatic carbocycles. The molecule has 1 amide bonds. The van der Waals surface area contributed by atoms with Crippen LogP contribution in [-0.2, 0) is 4.79 Å². The Kier molecular flexibility index (Phi) is 7.00. The van der Waals surface area contributed by atoms with Gasteiger partial charge in [0.05, 0.1) is 25.3 Å². The molecule has 1 rings (SSSR count). The zero-order chi connectivity index (χ0) is 16.8. The quantitative estimate of drug-likeness (QED) is 0.674. The zero-order valence-electron chi connectivity index (χ0n) is 13.9. The average Bonchev–Trinajstić information content (AvgIpc) is 2.54. The van der Waals surface area contributed by atoms with Crippen molar-refractivity contribution in [3.8, 4) is 0 Å². The van der Waals surface area contributed by atoms with E-state index in [2.05, 4.69) is 5.32 Å². The van der Waals surface area contributed by atoms with Gasteiger partial charge in [0.1, 0.15) is 0 Å². The molecule has 1 aromatic carbocycles. The number of amides is 1. The molecule has 22 heavy (non-hydrogen) atoms. The summed E-state index contributed by atoms with van der Waals surface area (Å²) in [4.78, 5) is 14.2. The van der Waals surface area contributed by atoms with Crippen LogP contribution in [0.2, 0.25) is 0 Å². The number of carbonyl (C=O) groups excluding carboxylic acids is 1. The topological polar surface area (TPSA) is 72.8 Å². The maximum atomic E-state index is 12.4. The Morgan fingerprint density at radius 3 is 2.27 bits per heavy atom. The first-order valence-corrected chi connectivity index (χ1v) is 7.60. The maximum Gasteiger partial charge on any atom is 0.237 e. The summed E-state index contributed by atoms with van der Waals surface area (Å²) in [6.07, 6.45) is 0. The molecule has 0 saturated heterocycles. The Labute approximate surface area is 133 Å². The molecule has 3 N–H and O–H groups in total. The van der Waals surface area contributed by atoms with Crippen LogP contribution in [0.4, 0.5) is 0 Å². The third-order valence-electron chi connectivity index (χ3n) is 4.09. The number of carbonyl (C=O) groups is 1. The second-order valence-electron chi connectivity index (χ2n) is 6.36. The summed E-state index contributed by atoms with van der Waals surface area (Å²) in [7, 11) is 1.82. The van der Waals surface area contributed by atoms with Gasteiger partial charge < -0.3 is 15.5 Å². The van der Waals surface area contributed by atoms with Crippen molar-refractivity contribution in [1.29, 1.82) is 0 Å². The molecule has 2 unspecified atom stereocenters.